The van der Waals surface area contributed by atoms with E-state index in [0.29, 0.717) is 0 Å². The summed E-state index contributed by atoms with van der Waals surface area (Å²) in [5, 5.41) is 0. The summed E-state index contributed by atoms with van der Waals surface area (Å²) < 4.78 is 0. The van der Waals surface area contributed by atoms with Crippen molar-refractivity contribution in [3.05, 3.63) is 36.0 Å². The number of hydrogen-bond acceptors (Lipinski definition) is 0. The van der Waals surface area contributed by atoms with Crippen LogP contribution in [0.1, 0.15) is 13.3 Å². The van der Waals surface area contributed by atoms with Gasteiger partial charge in [-0.05, 0) is 13.3 Å². The summed E-state index contributed by atoms with van der Waals surface area (Å²) in [6.45, 7) is 2.14. The van der Waals surface area contributed by atoms with E-state index in [4.69, 9.17) is 0 Å². The molecule has 0 saturated heterocycles. The Morgan fingerprint density at radius 2 is 2.12 bits per heavy atom. The fourth-order valence-corrected chi connectivity index (χ4v) is 0.685. The van der Waals surface area contributed by atoms with Crippen LogP contribution in [-0.2, 0) is 0 Å². The van der Waals surface area contributed by atoms with E-state index >= 15 is 0 Å². The summed E-state index contributed by atoms with van der Waals surface area (Å²) in [5.74, 6) is 0. The van der Waals surface area contributed by atoms with Gasteiger partial charge in [0.1, 0.15) is 0 Å². The van der Waals surface area contributed by atoms with Gasteiger partial charge in [-0.25, -0.2) is 0 Å². The first-order chi connectivity index (χ1) is 3.89. The van der Waals surface area contributed by atoms with Crippen molar-refractivity contribution in [1.29, 1.82) is 0 Å². The molecule has 1 rings (SSSR count). The molecule has 0 radical (unpaired) electrons. The van der Waals surface area contributed by atoms with Crippen molar-refractivity contribution in [2.45, 2.75) is 13.3 Å². The summed E-state index contributed by atoms with van der Waals surface area (Å²) in [5.41, 5.74) is 1.43. The second-order valence-electron chi connectivity index (χ2n) is 2.03. The zero-order chi connectivity index (χ0) is 5.82. The summed E-state index contributed by atoms with van der Waals surface area (Å²) in [4.78, 5) is 0. The SMILES string of the molecule is CC1=CC=CC=CC1. The van der Waals surface area contributed by atoms with Gasteiger partial charge in [-0.1, -0.05) is 36.0 Å². The zero-order valence-electron chi connectivity index (χ0n) is 5.09. The van der Waals surface area contributed by atoms with Crippen molar-refractivity contribution in [2.24, 2.45) is 0 Å². The lowest BCUT2D eigenvalue weighted by Crippen LogP contribution is -1.66. The third-order valence-corrected chi connectivity index (χ3v) is 1.18. The molecule has 0 N–H and O–H groups in total. The normalized spacial score (nSPS) is 17.9. The van der Waals surface area contributed by atoms with Gasteiger partial charge in [0, 0.05) is 0 Å². The summed E-state index contributed by atoms with van der Waals surface area (Å²) in [6.07, 6.45) is 11.6. The van der Waals surface area contributed by atoms with Crippen LogP contribution in [0.2, 0.25) is 0 Å². The fourth-order valence-electron chi connectivity index (χ4n) is 0.685. The van der Waals surface area contributed by atoms with Gasteiger partial charge >= 0.3 is 0 Å². The zero-order valence-corrected chi connectivity index (χ0v) is 5.09. The maximum Gasteiger partial charge on any atom is -0.0135 e. The minimum atomic E-state index is 1.10. The fraction of sp³-hybridized carbons (Fsp3) is 0.250. The van der Waals surface area contributed by atoms with Gasteiger partial charge in [-0.2, -0.15) is 0 Å². The van der Waals surface area contributed by atoms with E-state index in [9.17, 15) is 0 Å². The second-order valence-corrected chi connectivity index (χ2v) is 2.03. The van der Waals surface area contributed by atoms with Crippen molar-refractivity contribution < 1.29 is 0 Å². The largest absolute Gasteiger partial charge is 0.0805 e. The van der Waals surface area contributed by atoms with Crippen LogP contribution in [-0.4, -0.2) is 0 Å². The monoisotopic (exact) mass is 106 g/mol. The van der Waals surface area contributed by atoms with E-state index in [0.717, 1.165) is 6.42 Å². The van der Waals surface area contributed by atoms with Crippen LogP contribution in [0.3, 0.4) is 0 Å². The predicted molar refractivity (Wildman–Crippen MR) is 36.7 cm³/mol. The molecular formula is C8H10. The molecule has 8 heavy (non-hydrogen) atoms. The minimum Gasteiger partial charge on any atom is -0.0805 e. The van der Waals surface area contributed by atoms with Gasteiger partial charge in [0.15, 0.2) is 0 Å². The molecule has 0 aliphatic heterocycles. The van der Waals surface area contributed by atoms with Crippen LogP contribution >= 0.6 is 0 Å². The molecule has 0 heterocycles. The van der Waals surface area contributed by atoms with Crippen molar-refractivity contribution >= 4 is 0 Å². The van der Waals surface area contributed by atoms with Crippen molar-refractivity contribution in [3.63, 3.8) is 0 Å². The number of allylic oxidation sites excluding steroid dienone is 6. The molecule has 0 heteroatoms. The lowest BCUT2D eigenvalue weighted by atomic mass is 10.2. The smallest absolute Gasteiger partial charge is 0.0135 e. The summed E-state index contributed by atoms with van der Waals surface area (Å²) >= 11 is 0. The highest BCUT2D eigenvalue weighted by atomic mass is 13.9. The maximum absolute atomic E-state index is 2.16. The van der Waals surface area contributed by atoms with Crippen LogP contribution in [0.5, 0.6) is 0 Å². The van der Waals surface area contributed by atoms with E-state index < -0.39 is 0 Å². The molecule has 0 bridgehead atoms. The topological polar surface area (TPSA) is 0 Å². The third kappa shape index (κ3) is 1.38. The van der Waals surface area contributed by atoms with E-state index in [1.807, 2.05) is 0 Å². The molecule has 0 amide bonds. The Bertz CT molecular complexity index is 147. The van der Waals surface area contributed by atoms with Crippen LogP contribution in [0.4, 0.5) is 0 Å². The Hall–Kier alpha value is -0.780. The van der Waals surface area contributed by atoms with Crippen LogP contribution in [0, 0.1) is 0 Å². The predicted octanol–water partition coefficient (Wildman–Crippen LogP) is 2.45. The Morgan fingerprint density at radius 1 is 1.25 bits per heavy atom. The van der Waals surface area contributed by atoms with Crippen LogP contribution in [0.15, 0.2) is 36.0 Å². The molecule has 1 aliphatic carbocycles. The molecule has 0 saturated carbocycles. The Labute approximate surface area is 50.2 Å². The molecule has 0 nitrogen and oxygen atoms in total. The number of rotatable bonds is 0. The van der Waals surface area contributed by atoms with Crippen molar-refractivity contribution in [1.82, 2.24) is 0 Å². The van der Waals surface area contributed by atoms with Gasteiger partial charge in [-0.3, -0.25) is 0 Å². The van der Waals surface area contributed by atoms with Crippen molar-refractivity contribution in [2.75, 3.05) is 0 Å². The van der Waals surface area contributed by atoms with Crippen LogP contribution in [0.25, 0.3) is 0 Å². The van der Waals surface area contributed by atoms with Crippen molar-refractivity contribution in [3.8, 4) is 0 Å². The first-order valence-corrected chi connectivity index (χ1v) is 2.88. The highest BCUT2D eigenvalue weighted by molar-refractivity contribution is 5.21. The van der Waals surface area contributed by atoms with Crippen LogP contribution < -0.4 is 0 Å². The van der Waals surface area contributed by atoms with E-state index in [2.05, 4.69) is 37.3 Å². The molecule has 0 aromatic heterocycles. The first kappa shape index (κ1) is 5.36. The standard InChI is InChI=1S/C8H10/c1-8-6-4-2-3-5-7-8/h2-6H,7H2,1H3. The maximum atomic E-state index is 2.16. The number of hydrogen-bond donors (Lipinski definition) is 0. The lowest BCUT2D eigenvalue weighted by Gasteiger charge is -1.86. The average Bonchev–Trinajstić information content (AvgIpc) is 1.94. The molecular weight excluding hydrogens is 96.1 g/mol. The molecule has 0 fully saturated rings. The van der Waals surface area contributed by atoms with Gasteiger partial charge in [0.2, 0.25) is 0 Å². The molecule has 1 aliphatic rings. The minimum absolute atomic E-state index is 1.10. The Balaban J connectivity index is 2.69. The Kier molecular flexibility index (Phi) is 1.68. The first-order valence-electron chi connectivity index (χ1n) is 2.88. The third-order valence-electron chi connectivity index (χ3n) is 1.18. The summed E-state index contributed by atoms with van der Waals surface area (Å²) in [7, 11) is 0. The highest BCUT2D eigenvalue weighted by Gasteiger charge is 1.83. The van der Waals surface area contributed by atoms with Gasteiger partial charge in [0.25, 0.3) is 0 Å². The van der Waals surface area contributed by atoms with Gasteiger partial charge < -0.3 is 0 Å². The van der Waals surface area contributed by atoms with Gasteiger partial charge in [-0.15, -0.1) is 0 Å². The van der Waals surface area contributed by atoms with E-state index in [-0.39, 0.29) is 0 Å². The summed E-state index contributed by atoms with van der Waals surface area (Å²) in [6, 6.07) is 0. The average molecular weight is 106 g/mol. The van der Waals surface area contributed by atoms with E-state index in [1.165, 1.54) is 5.57 Å². The molecule has 0 spiro atoms. The molecule has 0 unspecified atom stereocenters. The molecule has 0 atom stereocenters. The quantitative estimate of drug-likeness (QED) is 0.445. The molecule has 42 valence electrons. The van der Waals surface area contributed by atoms with E-state index in [1.54, 1.807) is 0 Å². The molecule has 0 aromatic rings. The lowest BCUT2D eigenvalue weighted by molar-refractivity contribution is 1.22. The van der Waals surface area contributed by atoms with Gasteiger partial charge in [0.05, 0.1) is 0 Å². The Morgan fingerprint density at radius 3 is 3.00 bits per heavy atom. The second kappa shape index (κ2) is 2.51. The highest BCUT2D eigenvalue weighted by Crippen LogP contribution is 2.03. The molecule has 0 aromatic carbocycles.